The number of benzene rings is 4. The first-order chi connectivity index (χ1) is 18.4. The van der Waals surface area contributed by atoms with Crippen LogP contribution < -0.4 is 10.2 Å². The van der Waals surface area contributed by atoms with Crippen LogP contribution in [0.4, 0.5) is 0 Å². The SMILES string of the molecule is O=C(Oc1ccc(Br)cc1C=NNC(=O)c1[nH]c2ccc(Br)cc2c1-c1ccccc1)c1ccc(Br)cc1. The first-order valence-corrected chi connectivity index (χ1v) is 13.7. The lowest BCUT2D eigenvalue weighted by atomic mass is 10.0. The molecule has 1 heterocycles. The fraction of sp³-hybridized carbons (Fsp3) is 0. The molecule has 0 fully saturated rings. The minimum Gasteiger partial charge on any atom is -0.422 e. The number of nitrogens with one attached hydrogen (secondary N) is 2. The molecule has 38 heavy (non-hydrogen) atoms. The van der Waals surface area contributed by atoms with Gasteiger partial charge < -0.3 is 9.72 Å². The van der Waals surface area contributed by atoms with Gasteiger partial charge in [-0.05, 0) is 66.2 Å². The van der Waals surface area contributed by atoms with Crippen molar-refractivity contribution < 1.29 is 14.3 Å². The van der Waals surface area contributed by atoms with Gasteiger partial charge in [-0.25, -0.2) is 10.2 Å². The van der Waals surface area contributed by atoms with Gasteiger partial charge in [0.25, 0.3) is 5.91 Å². The zero-order chi connectivity index (χ0) is 26.6. The van der Waals surface area contributed by atoms with Gasteiger partial charge in [-0.15, -0.1) is 0 Å². The van der Waals surface area contributed by atoms with Crippen molar-refractivity contribution in [3.05, 3.63) is 121 Å². The molecule has 6 nitrogen and oxygen atoms in total. The van der Waals surface area contributed by atoms with Crippen LogP contribution in [0.1, 0.15) is 26.4 Å². The third kappa shape index (κ3) is 5.80. The summed E-state index contributed by atoms with van der Waals surface area (Å²) in [5, 5.41) is 5.07. The highest BCUT2D eigenvalue weighted by atomic mass is 79.9. The number of carbonyl (C=O) groups excluding carboxylic acids is 2. The van der Waals surface area contributed by atoms with E-state index in [2.05, 4.69) is 63.3 Å². The number of amides is 1. The fourth-order valence-corrected chi connectivity index (χ4v) is 4.92. The quantitative estimate of drug-likeness (QED) is 0.0815. The van der Waals surface area contributed by atoms with Crippen molar-refractivity contribution in [2.24, 2.45) is 5.10 Å². The Morgan fingerprint density at radius 1 is 0.816 bits per heavy atom. The Morgan fingerprint density at radius 3 is 2.26 bits per heavy atom. The van der Waals surface area contributed by atoms with Crippen molar-refractivity contribution in [1.82, 2.24) is 10.4 Å². The van der Waals surface area contributed by atoms with E-state index in [1.54, 1.807) is 42.5 Å². The van der Waals surface area contributed by atoms with Crippen molar-refractivity contribution in [2.75, 3.05) is 0 Å². The molecule has 0 atom stereocenters. The van der Waals surface area contributed by atoms with Gasteiger partial charge in [-0.3, -0.25) is 4.79 Å². The summed E-state index contributed by atoms with van der Waals surface area (Å²) in [6.07, 6.45) is 1.44. The number of aromatic amines is 1. The monoisotopic (exact) mass is 693 g/mol. The zero-order valence-electron chi connectivity index (χ0n) is 19.5. The van der Waals surface area contributed by atoms with Crippen LogP contribution >= 0.6 is 47.8 Å². The number of nitrogens with zero attached hydrogens (tertiary/aromatic N) is 1. The average Bonchev–Trinajstić information content (AvgIpc) is 3.29. The Labute approximate surface area is 243 Å². The van der Waals surface area contributed by atoms with E-state index >= 15 is 0 Å². The van der Waals surface area contributed by atoms with Gasteiger partial charge in [0.15, 0.2) is 0 Å². The van der Waals surface area contributed by atoms with Gasteiger partial charge in [0.1, 0.15) is 11.4 Å². The summed E-state index contributed by atoms with van der Waals surface area (Å²) in [5.41, 5.74) is 6.41. The van der Waals surface area contributed by atoms with Gasteiger partial charge >= 0.3 is 5.97 Å². The number of fused-ring (bicyclic) bond motifs is 1. The summed E-state index contributed by atoms with van der Waals surface area (Å²) in [5.74, 6) is -0.606. The van der Waals surface area contributed by atoms with E-state index in [0.717, 1.165) is 35.4 Å². The molecular formula is C29H18Br3N3O3. The Hall–Kier alpha value is -3.53. The number of carbonyl (C=O) groups is 2. The highest BCUT2D eigenvalue weighted by Gasteiger charge is 2.19. The van der Waals surface area contributed by atoms with Crippen LogP contribution in [0.2, 0.25) is 0 Å². The lowest BCUT2D eigenvalue weighted by molar-refractivity contribution is 0.0734. The standard InChI is InChI=1S/C29H18Br3N3O3/c30-20-8-6-18(7-9-20)29(37)38-25-13-11-21(31)14-19(25)16-33-35-28(36)27-26(17-4-2-1-3-5-17)23-15-22(32)10-12-24(23)34-27/h1-16,34H,(H,35,36). The molecule has 9 heteroatoms. The van der Waals surface area contributed by atoms with Crippen molar-refractivity contribution in [1.29, 1.82) is 0 Å². The number of hydrazone groups is 1. The van der Waals surface area contributed by atoms with E-state index in [1.807, 2.05) is 48.5 Å². The normalized spacial score (nSPS) is 11.1. The molecule has 0 aliphatic rings. The maximum Gasteiger partial charge on any atom is 0.343 e. The summed E-state index contributed by atoms with van der Waals surface area (Å²) in [7, 11) is 0. The molecule has 5 rings (SSSR count). The van der Waals surface area contributed by atoms with Crippen molar-refractivity contribution in [3.8, 4) is 16.9 Å². The number of ether oxygens (including phenoxy) is 1. The number of esters is 1. The molecule has 0 aliphatic heterocycles. The van der Waals surface area contributed by atoms with Gasteiger partial charge in [-0.1, -0.05) is 78.1 Å². The number of hydrogen-bond donors (Lipinski definition) is 2. The van der Waals surface area contributed by atoms with Crippen LogP contribution in [0.5, 0.6) is 5.75 Å². The van der Waals surface area contributed by atoms with E-state index in [9.17, 15) is 9.59 Å². The van der Waals surface area contributed by atoms with Crippen LogP contribution in [0.3, 0.4) is 0 Å². The molecule has 188 valence electrons. The Balaban J connectivity index is 1.41. The van der Waals surface area contributed by atoms with E-state index in [4.69, 9.17) is 4.74 Å². The zero-order valence-corrected chi connectivity index (χ0v) is 24.3. The summed E-state index contributed by atoms with van der Waals surface area (Å²) < 4.78 is 8.14. The highest BCUT2D eigenvalue weighted by Crippen LogP contribution is 2.34. The maximum atomic E-state index is 13.3. The number of aromatic nitrogens is 1. The average molecular weight is 696 g/mol. The van der Waals surface area contributed by atoms with Gasteiger partial charge in [0.05, 0.1) is 11.8 Å². The molecule has 1 aromatic heterocycles. The summed E-state index contributed by atoms with van der Waals surface area (Å²) in [6.45, 7) is 0. The minimum atomic E-state index is -0.504. The van der Waals surface area contributed by atoms with Crippen LogP contribution in [0.15, 0.2) is 110 Å². The summed E-state index contributed by atoms with van der Waals surface area (Å²) >= 11 is 10.3. The molecule has 1 amide bonds. The molecule has 0 spiro atoms. The minimum absolute atomic E-state index is 0.305. The van der Waals surface area contributed by atoms with Gasteiger partial charge in [0.2, 0.25) is 0 Å². The van der Waals surface area contributed by atoms with Crippen molar-refractivity contribution >= 4 is 76.8 Å². The first kappa shape index (κ1) is 26.1. The predicted octanol–water partition coefficient (Wildman–Crippen LogP) is 8.11. The number of rotatable bonds is 6. The Bertz CT molecular complexity index is 1680. The first-order valence-electron chi connectivity index (χ1n) is 11.4. The Morgan fingerprint density at radius 2 is 1.50 bits per heavy atom. The molecule has 0 saturated carbocycles. The molecular weight excluding hydrogens is 678 g/mol. The van der Waals surface area contributed by atoms with Crippen LogP contribution in [-0.2, 0) is 0 Å². The predicted molar refractivity (Wildman–Crippen MR) is 160 cm³/mol. The second kappa shape index (κ2) is 11.5. The van der Waals surface area contributed by atoms with E-state index in [1.165, 1.54) is 6.21 Å². The molecule has 4 aromatic carbocycles. The van der Waals surface area contributed by atoms with Crippen molar-refractivity contribution in [2.45, 2.75) is 0 Å². The lowest BCUT2D eigenvalue weighted by Gasteiger charge is -2.08. The van der Waals surface area contributed by atoms with Crippen molar-refractivity contribution in [3.63, 3.8) is 0 Å². The third-order valence-corrected chi connectivity index (χ3v) is 7.19. The van der Waals surface area contributed by atoms with Gasteiger partial charge in [0, 0.05) is 35.4 Å². The Kier molecular flexibility index (Phi) is 7.87. The lowest BCUT2D eigenvalue weighted by Crippen LogP contribution is -2.19. The molecule has 0 bridgehead atoms. The topological polar surface area (TPSA) is 83.5 Å². The fourth-order valence-electron chi connectivity index (χ4n) is 3.91. The van der Waals surface area contributed by atoms with E-state index in [0.29, 0.717) is 22.6 Å². The molecule has 0 unspecified atom stereocenters. The summed E-state index contributed by atoms with van der Waals surface area (Å²) in [4.78, 5) is 29.1. The molecule has 2 N–H and O–H groups in total. The maximum absolute atomic E-state index is 13.3. The van der Waals surface area contributed by atoms with E-state index < -0.39 is 11.9 Å². The number of hydrogen-bond acceptors (Lipinski definition) is 4. The molecule has 0 aliphatic carbocycles. The van der Waals surface area contributed by atoms with E-state index in [-0.39, 0.29) is 0 Å². The second-order valence-corrected chi connectivity index (χ2v) is 11.0. The molecule has 0 radical (unpaired) electrons. The highest BCUT2D eigenvalue weighted by molar-refractivity contribution is 9.11. The smallest absolute Gasteiger partial charge is 0.343 e. The third-order valence-electron chi connectivity index (χ3n) is 5.67. The summed E-state index contributed by atoms with van der Waals surface area (Å²) in [6, 6.07) is 27.5. The number of H-pyrrole nitrogens is 1. The van der Waals surface area contributed by atoms with Crippen LogP contribution in [0.25, 0.3) is 22.0 Å². The van der Waals surface area contributed by atoms with Gasteiger partial charge in [-0.2, -0.15) is 5.10 Å². The van der Waals surface area contributed by atoms with Crippen LogP contribution in [0, 0.1) is 0 Å². The second-order valence-electron chi connectivity index (χ2n) is 8.21. The molecule has 5 aromatic rings. The molecule has 0 saturated heterocycles. The largest absolute Gasteiger partial charge is 0.422 e. The van der Waals surface area contributed by atoms with Crippen LogP contribution in [-0.4, -0.2) is 23.1 Å². The number of halogens is 3.